The molecule has 0 radical (unpaired) electrons. The van der Waals surface area contributed by atoms with E-state index in [1.54, 1.807) is 0 Å². The number of nitrogens with one attached hydrogen (secondary N) is 2. The van der Waals surface area contributed by atoms with Crippen molar-refractivity contribution in [1.82, 2.24) is 15.3 Å². The number of H-pyrrole nitrogens is 1. The van der Waals surface area contributed by atoms with E-state index >= 15 is 0 Å². The fourth-order valence-corrected chi connectivity index (χ4v) is 2.22. The summed E-state index contributed by atoms with van der Waals surface area (Å²) >= 11 is 0. The van der Waals surface area contributed by atoms with Crippen LogP contribution in [0.5, 0.6) is 0 Å². The molecule has 2 N–H and O–H groups in total. The molecule has 0 unspecified atom stereocenters. The number of aryl methyl sites for hydroxylation is 3. The van der Waals surface area contributed by atoms with Crippen LogP contribution >= 0.6 is 0 Å². The van der Waals surface area contributed by atoms with Crippen molar-refractivity contribution in [2.24, 2.45) is 0 Å². The zero-order valence-corrected chi connectivity index (χ0v) is 12.7. The molecule has 1 aromatic carbocycles. The summed E-state index contributed by atoms with van der Waals surface area (Å²) in [7, 11) is 1.95. The molecule has 1 heterocycles. The van der Waals surface area contributed by atoms with Crippen molar-refractivity contribution >= 4 is 0 Å². The number of aromatic amines is 1. The van der Waals surface area contributed by atoms with Crippen molar-refractivity contribution in [2.75, 3.05) is 7.05 Å². The number of imidazole rings is 1. The van der Waals surface area contributed by atoms with Crippen molar-refractivity contribution in [3.05, 3.63) is 40.8 Å². The number of benzene rings is 1. The zero-order chi connectivity index (χ0) is 14.2. The lowest BCUT2D eigenvalue weighted by Gasteiger charge is -2.20. The van der Waals surface area contributed by atoms with E-state index in [2.05, 4.69) is 63.1 Å². The first kappa shape index (κ1) is 13.8. The highest BCUT2D eigenvalue weighted by Gasteiger charge is 2.23. The molecule has 0 spiro atoms. The summed E-state index contributed by atoms with van der Waals surface area (Å²) in [6.07, 6.45) is 0. The number of rotatable bonds is 3. The van der Waals surface area contributed by atoms with Crippen LogP contribution in [0.3, 0.4) is 0 Å². The summed E-state index contributed by atoms with van der Waals surface area (Å²) in [5, 5.41) is 3.28. The molecule has 0 fully saturated rings. The van der Waals surface area contributed by atoms with Crippen LogP contribution in [-0.4, -0.2) is 17.0 Å². The van der Waals surface area contributed by atoms with Gasteiger partial charge in [0.1, 0.15) is 5.82 Å². The molecule has 3 heteroatoms. The second-order valence-corrected chi connectivity index (χ2v) is 5.75. The molecule has 0 aliphatic carbocycles. The molecule has 19 heavy (non-hydrogen) atoms. The Morgan fingerprint density at radius 1 is 1.16 bits per heavy atom. The van der Waals surface area contributed by atoms with Gasteiger partial charge in [0.15, 0.2) is 0 Å². The molecule has 2 rings (SSSR count). The number of aromatic nitrogens is 2. The van der Waals surface area contributed by atoms with E-state index in [1.807, 2.05) is 7.05 Å². The second kappa shape index (κ2) is 4.82. The van der Waals surface area contributed by atoms with E-state index < -0.39 is 0 Å². The second-order valence-electron chi connectivity index (χ2n) is 5.75. The summed E-state index contributed by atoms with van der Waals surface area (Å²) in [5.41, 5.74) is 5.77. The van der Waals surface area contributed by atoms with Gasteiger partial charge in [-0.1, -0.05) is 23.8 Å². The van der Waals surface area contributed by atoms with Gasteiger partial charge in [-0.3, -0.25) is 0 Å². The van der Waals surface area contributed by atoms with Crippen LogP contribution in [-0.2, 0) is 5.54 Å². The normalized spacial score (nSPS) is 11.9. The van der Waals surface area contributed by atoms with Crippen molar-refractivity contribution in [3.63, 3.8) is 0 Å². The Morgan fingerprint density at radius 2 is 1.84 bits per heavy atom. The van der Waals surface area contributed by atoms with E-state index in [4.69, 9.17) is 4.98 Å². The smallest absolute Gasteiger partial charge is 0.126 e. The van der Waals surface area contributed by atoms with Gasteiger partial charge in [0.2, 0.25) is 0 Å². The first-order chi connectivity index (χ1) is 8.85. The number of hydrogen-bond acceptors (Lipinski definition) is 2. The van der Waals surface area contributed by atoms with Gasteiger partial charge in [0.05, 0.1) is 11.2 Å². The monoisotopic (exact) mass is 257 g/mol. The van der Waals surface area contributed by atoms with E-state index in [-0.39, 0.29) is 5.54 Å². The molecule has 3 nitrogen and oxygen atoms in total. The topological polar surface area (TPSA) is 40.7 Å². The Labute approximate surface area is 115 Å². The maximum absolute atomic E-state index is 4.79. The Hall–Kier alpha value is -1.61. The Balaban J connectivity index is 2.52. The highest BCUT2D eigenvalue weighted by atomic mass is 15.0. The van der Waals surface area contributed by atoms with Crippen molar-refractivity contribution < 1.29 is 0 Å². The maximum atomic E-state index is 4.79. The predicted molar refractivity (Wildman–Crippen MR) is 80.3 cm³/mol. The third-order valence-electron chi connectivity index (χ3n) is 3.74. The lowest BCUT2D eigenvalue weighted by Crippen LogP contribution is -2.34. The zero-order valence-electron chi connectivity index (χ0n) is 12.7. The fourth-order valence-electron chi connectivity index (χ4n) is 2.22. The fraction of sp³-hybridized carbons (Fsp3) is 0.438. The third kappa shape index (κ3) is 2.56. The highest BCUT2D eigenvalue weighted by molar-refractivity contribution is 5.66. The lowest BCUT2D eigenvalue weighted by atomic mass is 10.0. The van der Waals surface area contributed by atoms with Crippen LogP contribution in [0.4, 0.5) is 0 Å². The molecular weight excluding hydrogens is 234 g/mol. The molecule has 0 saturated carbocycles. The van der Waals surface area contributed by atoms with Crippen LogP contribution in [0.2, 0.25) is 0 Å². The molecule has 0 saturated heterocycles. The van der Waals surface area contributed by atoms with Gasteiger partial charge in [0, 0.05) is 11.3 Å². The first-order valence-electron chi connectivity index (χ1n) is 6.69. The molecule has 2 aromatic rings. The van der Waals surface area contributed by atoms with Gasteiger partial charge in [-0.05, 0) is 47.2 Å². The van der Waals surface area contributed by atoms with Gasteiger partial charge in [0.25, 0.3) is 0 Å². The molecular formula is C16H23N3. The summed E-state index contributed by atoms with van der Waals surface area (Å²) < 4.78 is 0. The van der Waals surface area contributed by atoms with Crippen LogP contribution in [0.25, 0.3) is 11.3 Å². The SMILES string of the molecule is CNC(C)(C)c1nc(-c2ccc(C)cc2C)c(C)[nH]1. The average molecular weight is 257 g/mol. The summed E-state index contributed by atoms with van der Waals surface area (Å²) in [6.45, 7) is 10.6. The van der Waals surface area contributed by atoms with Gasteiger partial charge in [-0.25, -0.2) is 4.98 Å². The first-order valence-corrected chi connectivity index (χ1v) is 6.69. The molecule has 0 aliphatic rings. The summed E-state index contributed by atoms with van der Waals surface area (Å²) in [5.74, 6) is 0.975. The largest absolute Gasteiger partial charge is 0.344 e. The Kier molecular flexibility index (Phi) is 3.50. The van der Waals surface area contributed by atoms with Crippen molar-refractivity contribution in [1.29, 1.82) is 0 Å². The molecule has 1 aromatic heterocycles. The van der Waals surface area contributed by atoms with E-state index in [9.17, 15) is 0 Å². The minimum Gasteiger partial charge on any atom is -0.344 e. The van der Waals surface area contributed by atoms with Crippen molar-refractivity contribution in [2.45, 2.75) is 40.2 Å². The van der Waals surface area contributed by atoms with Crippen LogP contribution in [0, 0.1) is 20.8 Å². The summed E-state index contributed by atoms with van der Waals surface area (Å²) in [4.78, 5) is 8.20. The average Bonchev–Trinajstić information content (AvgIpc) is 2.72. The lowest BCUT2D eigenvalue weighted by molar-refractivity contribution is 0.420. The minimum absolute atomic E-state index is 0.151. The Morgan fingerprint density at radius 3 is 2.42 bits per heavy atom. The molecule has 0 amide bonds. The molecule has 0 aliphatic heterocycles. The summed E-state index contributed by atoms with van der Waals surface area (Å²) in [6, 6.07) is 6.50. The molecule has 0 atom stereocenters. The van der Waals surface area contributed by atoms with Crippen molar-refractivity contribution in [3.8, 4) is 11.3 Å². The molecule has 102 valence electrons. The Bertz CT molecular complexity index is 594. The number of hydrogen-bond donors (Lipinski definition) is 2. The molecule has 0 bridgehead atoms. The van der Waals surface area contributed by atoms with E-state index in [1.165, 1.54) is 16.7 Å². The van der Waals surface area contributed by atoms with Gasteiger partial charge in [-0.2, -0.15) is 0 Å². The van der Waals surface area contributed by atoms with E-state index in [0.29, 0.717) is 0 Å². The predicted octanol–water partition coefficient (Wildman–Crippen LogP) is 3.46. The maximum Gasteiger partial charge on any atom is 0.126 e. The standard InChI is InChI=1S/C16H23N3/c1-10-7-8-13(11(2)9-10)14-12(3)18-15(19-14)16(4,5)17-6/h7-9,17H,1-6H3,(H,18,19). The minimum atomic E-state index is -0.151. The van der Waals surface area contributed by atoms with E-state index in [0.717, 1.165) is 17.2 Å². The van der Waals surface area contributed by atoms with Crippen LogP contribution in [0.1, 0.15) is 36.5 Å². The van der Waals surface area contributed by atoms with Crippen LogP contribution < -0.4 is 5.32 Å². The quantitative estimate of drug-likeness (QED) is 0.884. The van der Waals surface area contributed by atoms with Gasteiger partial charge >= 0.3 is 0 Å². The van der Waals surface area contributed by atoms with Gasteiger partial charge < -0.3 is 10.3 Å². The highest BCUT2D eigenvalue weighted by Crippen LogP contribution is 2.28. The van der Waals surface area contributed by atoms with Crippen LogP contribution in [0.15, 0.2) is 18.2 Å². The third-order valence-corrected chi connectivity index (χ3v) is 3.74. The van der Waals surface area contributed by atoms with Gasteiger partial charge in [-0.15, -0.1) is 0 Å². The number of nitrogens with zero attached hydrogens (tertiary/aromatic N) is 1.